The Morgan fingerprint density at radius 3 is 2.81 bits per heavy atom. The van der Waals surface area contributed by atoms with Gasteiger partial charge < -0.3 is 5.73 Å². The third kappa shape index (κ3) is 3.30. The molecule has 0 amide bonds. The molecule has 0 aliphatic heterocycles. The Balaban J connectivity index is 1.90. The highest BCUT2D eigenvalue weighted by Gasteiger charge is 2.14. The number of halogens is 1. The summed E-state index contributed by atoms with van der Waals surface area (Å²) < 4.78 is 14.2. The highest BCUT2D eigenvalue weighted by molar-refractivity contribution is 7.99. The van der Waals surface area contributed by atoms with E-state index in [4.69, 9.17) is 5.73 Å². The minimum absolute atomic E-state index is 0.0335. The van der Waals surface area contributed by atoms with Gasteiger partial charge in [-0.25, -0.2) is 4.39 Å². The summed E-state index contributed by atoms with van der Waals surface area (Å²) in [6.07, 6.45) is 4.26. The van der Waals surface area contributed by atoms with Crippen molar-refractivity contribution in [3.63, 3.8) is 0 Å². The fraction of sp³-hybridized carbons (Fsp3) is 0.333. The molecule has 3 rings (SSSR count). The Morgan fingerprint density at radius 2 is 2.00 bits per heavy atom. The SMILES string of the molecule is CC(N)Cc1cccc(F)c1Sc1ccc2c(c1)CCC2. The first kappa shape index (κ1) is 14.6. The minimum Gasteiger partial charge on any atom is -0.328 e. The molecule has 21 heavy (non-hydrogen) atoms. The number of benzene rings is 2. The van der Waals surface area contributed by atoms with Crippen LogP contribution in [0.3, 0.4) is 0 Å². The third-order valence-corrected chi connectivity index (χ3v) is 5.03. The summed E-state index contributed by atoms with van der Waals surface area (Å²) in [5, 5.41) is 0. The van der Waals surface area contributed by atoms with Crippen molar-refractivity contribution < 1.29 is 4.39 Å². The van der Waals surface area contributed by atoms with Crippen LogP contribution in [0.5, 0.6) is 0 Å². The maximum atomic E-state index is 14.2. The molecule has 0 spiro atoms. The summed E-state index contributed by atoms with van der Waals surface area (Å²) >= 11 is 1.52. The number of nitrogens with two attached hydrogens (primary N) is 1. The van der Waals surface area contributed by atoms with E-state index in [1.54, 1.807) is 6.07 Å². The summed E-state index contributed by atoms with van der Waals surface area (Å²) in [6, 6.07) is 11.8. The fourth-order valence-corrected chi connectivity index (χ4v) is 3.93. The molecule has 110 valence electrons. The van der Waals surface area contributed by atoms with Crippen molar-refractivity contribution in [2.75, 3.05) is 0 Å². The van der Waals surface area contributed by atoms with Gasteiger partial charge in [0.2, 0.25) is 0 Å². The molecule has 1 aliphatic carbocycles. The van der Waals surface area contributed by atoms with Gasteiger partial charge in [0, 0.05) is 10.9 Å². The monoisotopic (exact) mass is 301 g/mol. The second kappa shape index (κ2) is 6.20. The van der Waals surface area contributed by atoms with E-state index < -0.39 is 0 Å². The number of rotatable bonds is 4. The van der Waals surface area contributed by atoms with E-state index in [0.29, 0.717) is 11.3 Å². The molecule has 2 aromatic rings. The Morgan fingerprint density at radius 1 is 1.19 bits per heavy atom. The standard InChI is InChI=1S/C18H20FNS/c1-12(20)10-15-6-3-7-17(19)18(15)21-16-9-8-13-4-2-5-14(13)11-16/h3,6-9,11-12H,2,4-5,10,20H2,1H3. The molecule has 0 heterocycles. The molecule has 2 N–H and O–H groups in total. The topological polar surface area (TPSA) is 26.0 Å². The molecule has 1 unspecified atom stereocenters. The Labute approximate surface area is 129 Å². The van der Waals surface area contributed by atoms with Crippen molar-refractivity contribution in [2.24, 2.45) is 5.73 Å². The molecule has 0 fully saturated rings. The normalized spacial score (nSPS) is 15.0. The van der Waals surface area contributed by atoms with Gasteiger partial charge in [0.1, 0.15) is 5.82 Å². The lowest BCUT2D eigenvalue weighted by atomic mass is 10.1. The number of aryl methyl sites for hydroxylation is 2. The van der Waals surface area contributed by atoms with E-state index in [1.165, 1.54) is 41.8 Å². The van der Waals surface area contributed by atoms with Crippen LogP contribution in [0.2, 0.25) is 0 Å². The molecule has 0 saturated carbocycles. The van der Waals surface area contributed by atoms with Gasteiger partial charge in [-0.05, 0) is 67.5 Å². The van der Waals surface area contributed by atoms with E-state index in [2.05, 4.69) is 18.2 Å². The molecular formula is C18H20FNS. The van der Waals surface area contributed by atoms with E-state index in [0.717, 1.165) is 16.9 Å². The largest absolute Gasteiger partial charge is 0.328 e. The van der Waals surface area contributed by atoms with E-state index in [1.807, 2.05) is 13.0 Å². The van der Waals surface area contributed by atoms with Crippen molar-refractivity contribution in [1.82, 2.24) is 0 Å². The first-order chi connectivity index (χ1) is 10.1. The van der Waals surface area contributed by atoms with Gasteiger partial charge in [-0.2, -0.15) is 0 Å². The summed E-state index contributed by atoms with van der Waals surface area (Å²) in [6.45, 7) is 1.95. The summed E-state index contributed by atoms with van der Waals surface area (Å²) in [5.41, 5.74) is 9.74. The van der Waals surface area contributed by atoms with Crippen LogP contribution in [0.15, 0.2) is 46.2 Å². The molecule has 2 aromatic carbocycles. The lowest BCUT2D eigenvalue weighted by molar-refractivity contribution is 0.593. The number of fused-ring (bicyclic) bond motifs is 1. The Bertz CT molecular complexity index is 652. The summed E-state index contributed by atoms with van der Waals surface area (Å²) in [4.78, 5) is 1.83. The number of hydrogen-bond donors (Lipinski definition) is 1. The Hall–Kier alpha value is -1.32. The molecule has 1 atom stereocenters. The van der Waals surface area contributed by atoms with Gasteiger partial charge >= 0.3 is 0 Å². The van der Waals surface area contributed by atoms with Crippen LogP contribution >= 0.6 is 11.8 Å². The van der Waals surface area contributed by atoms with Crippen molar-refractivity contribution in [2.45, 2.75) is 48.4 Å². The molecule has 1 nitrogen and oxygen atoms in total. The zero-order valence-corrected chi connectivity index (χ0v) is 13.0. The van der Waals surface area contributed by atoms with Crippen LogP contribution in [0, 0.1) is 5.82 Å². The van der Waals surface area contributed by atoms with Crippen molar-refractivity contribution in [1.29, 1.82) is 0 Å². The van der Waals surface area contributed by atoms with Gasteiger partial charge in [0.25, 0.3) is 0 Å². The Kier molecular flexibility index (Phi) is 4.32. The van der Waals surface area contributed by atoms with Crippen LogP contribution < -0.4 is 5.73 Å². The second-order valence-corrected chi connectivity index (χ2v) is 6.88. The molecule has 3 heteroatoms. The highest BCUT2D eigenvalue weighted by atomic mass is 32.2. The predicted octanol–water partition coefficient (Wildman–Crippen LogP) is 4.36. The van der Waals surface area contributed by atoms with E-state index >= 15 is 0 Å². The van der Waals surface area contributed by atoms with Crippen LogP contribution in [0.4, 0.5) is 4.39 Å². The van der Waals surface area contributed by atoms with Gasteiger partial charge in [-0.15, -0.1) is 0 Å². The van der Waals surface area contributed by atoms with Crippen molar-refractivity contribution >= 4 is 11.8 Å². The van der Waals surface area contributed by atoms with Crippen molar-refractivity contribution in [3.05, 3.63) is 58.9 Å². The molecule has 0 radical (unpaired) electrons. The van der Waals surface area contributed by atoms with Gasteiger partial charge in [0.15, 0.2) is 0 Å². The van der Waals surface area contributed by atoms with E-state index in [9.17, 15) is 4.39 Å². The van der Waals surface area contributed by atoms with Gasteiger partial charge in [-0.1, -0.05) is 30.0 Å². The van der Waals surface area contributed by atoms with Crippen LogP contribution in [-0.4, -0.2) is 6.04 Å². The lowest BCUT2D eigenvalue weighted by Crippen LogP contribution is -2.18. The molecule has 0 bridgehead atoms. The maximum Gasteiger partial charge on any atom is 0.137 e. The van der Waals surface area contributed by atoms with Gasteiger partial charge in [-0.3, -0.25) is 0 Å². The van der Waals surface area contributed by atoms with Crippen LogP contribution in [0.1, 0.15) is 30.0 Å². The first-order valence-corrected chi connectivity index (χ1v) is 8.28. The van der Waals surface area contributed by atoms with Crippen molar-refractivity contribution in [3.8, 4) is 0 Å². The molecular weight excluding hydrogens is 281 g/mol. The zero-order chi connectivity index (χ0) is 14.8. The second-order valence-electron chi connectivity index (χ2n) is 5.80. The smallest absolute Gasteiger partial charge is 0.137 e. The summed E-state index contributed by atoms with van der Waals surface area (Å²) in [5.74, 6) is -0.154. The first-order valence-electron chi connectivity index (χ1n) is 7.46. The maximum absolute atomic E-state index is 14.2. The molecule has 1 aliphatic rings. The van der Waals surface area contributed by atoms with Crippen LogP contribution in [0.25, 0.3) is 0 Å². The predicted molar refractivity (Wildman–Crippen MR) is 86.3 cm³/mol. The average molecular weight is 301 g/mol. The highest BCUT2D eigenvalue weighted by Crippen LogP contribution is 2.35. The number of hydrogen-bond acceptors (Lipinski definition) is 2. The fourth-order valence-electron chi connectivity index (χ4n) is 2.90. The van der Waals surface area contributed by atoms with Gasteiger partial charge in [0.05, 0.1) is 4.90 Å². The quantitative estimate of drug-likeness (QED) is 0.908. The zero-order valence-electron chi connectivity index (χ0n) is 12.2. The van der Waals surface area contributed by atoms with E-state index in [-0.39, 0.29) is 11.9 Å². The van der Waals surface area contributed by atoms with Crippen LogP contribution in [-0.2, 0) is 19.3 Å². The third-order valence-electron chi connectivity index (χ3n) is 3.88. The molecule has 0 saturated heterocycles. The summed E-state index contributed by atoms with van der Waals surface area (Å²) in [7, 11) is 0. The minimum atomic E-state index is -0.154. The average Bonchev–Trinajstić information content (AvgIpc) is 2.89. The lowest BCUT2D eigenvalue weighted by Gasteiger charge is -2.13. The molecule has 0 aromatic heterocycles.